The molecule has 0 aromatic carbocycles. The molecule has 1 fully saturated rings. The first kappa shape index (κ1) is 9.85. The molecule has 0 saturated heterocycles. The standard InChI is InChI=1S/C9H15ClO2/c1-6-5-9(2,8(11)12)4-3-7(6)10/h6-7H,3-5H2,1-2H3,(H,11,12). The van der Waals surface area contributed by atoms with Crippen molar-refractivity contribution in [2.45, 2.75) is 38.5 Å². The Balaban J connectivity index is 2.66. The third kappa shape index (κ3) is 1.74. The monoisotopic (exact) mass is 190 g/mol. The molecule has 1 N–H and O–H groups in total. The summed E-state index contributed by atoms with van der Waals surface area (Å²) in [6.07, 6.45) is 2.24. The van der Waals surface area contributed by atoms with Crippen LogP contribution in [-0.2, 0) is 4.79 Å². The van der Waals surface area contributed by atoms with Gasteiger partial charge in [0.25, 0.3) is 0 Å². The lowest BCUT2D eigenvalue weighted by Crippen LogP contribution is -2.36. The molecule has 3 atom stereocenters. The predicted molar refractivity (Wildman–Crippen MR) is 48.4 cm³/mol. The Hall–Kier alpha value is -0.240. The molecule has 1 aliphatic carbocycles. The van der Waals surface area contributed by atoms with E-state index < -0.39 is 11.4 Å². The molecule has 3 heteroatoms. The number of carbonyl (C=O) groups is 1. The zero-order valence-electron chi connectivity index (χ0n) is 7.51. The highest BCUT2D eigenvalue weighted by atomic mass is 35.5. The molecular weight excluding hydrogens is 176 g/mol. The van der Waals surface area contributed by atoms with Crippen LogP contribution in [0.1, 0.15) is 33.1 Å². The van der Waals surface area contributed by atoms with Crippen LogP contribution >= 0.6 is 11.6 Å². The van der Waals surface area contributed by atoms with Crippen molar-refractivity contribution in [3.63, 3.8) is 0 Å². The average Bonchev–Trinajstić information content (AvgIpc) is 1.97. The Kier molecular flexibility index (Phi) is 2.67. The van der Waals surface area contributed by atoms with Crippen molar-refractivity contribution >= 4 is 17.6 Å². The summed E-state index contributed by atoms with van der Waals surface area (Å²) in [6, 6.07) is 0. The number of rotatable bonds is 1. The fourth-order valence-corrected chi connectivity index (χ4v) is 2.07. The molecule has 0 aromatic heterocycles. The van der Waals surface area contributed by atoms with Gasteiger partial charge in [-0.05, 0) is 32.1 Å². The van der Waals surface area contributed by atoms with Crippen molar-refractivity contribution in [1.82, 2.24) is 0 Å². The summed E-state index contributed by atoms with van der Waals surface area (Å²) in [7, 11) is 0. The van der Waals surface area contributed by atoms with Gasteiger partial charge in [0, 0.05) is 5.38 Å². The molecule has 0 spiro atoms. The zero-order valence-corrected chi connectivity index (χ0v) is 8.27. The Morgan fingerprint density at radius 3 is 2.67 bits per heavy atom. The number of hydrogen-bond donors (Lipinski definition) is 1. The van der Waals surface area contributed by atoms with E-state index >= 15 is 0 Å². The van der Waals surface area contributed by atoms with Crippen LogP contribution < -0.4 is 0 Å². The minimum absolute atomic E-state index is 0.164. The van der Waals surface area contributed by atoms with Crippen molar-refractivity contribution in [2.24, 2.45) is 11.3 Å². The van der Waals surface area contributed by atoms with E-state index in [-0.39, 0.29) is 5.38 Å². The lowest BCUT2D eigenvalue weighted by Gasteiger charge is -2.35. The number of aliphatic carboxylic acids is 1. The molecular formula is C9H15ClO2. The SMILES string of the molecule is CC1CC(C)(C(=O)O)CCC1Cl. The molecule has 0 heterocycles. The lowest BCUT2D eigenvalue weighted by molar-refractivity contribution is -0.150. The van der Waals surface area contributed by atoms with Crippen molar-refractivity contribution in [3.05, 3.63) is 0 Å². The van der Waals surface area contributed by atoms with Crippen molar-refractivity contribution in [1.29, 1.82) is 0 Å². The van der Waals surface area contributed by atoms with Gasteiger partial charge in [0.05, 0.1) is 5.41 Å². The smallest absolute Gasteiger partial charge is 0.309 e. The van der Waals surface area contributed by atoms with Gasteiger partial charge in [-0.1, -0.05) is 6.92 Å². The highest BCUT2D eigenvalue weighted by molar-refractivity contribution is 6.20. The first-order valence-electron chi connectivity index (χ1n) is 4.33. The summed E-state index contributed by atoms with van der Waals surface area (Å²) in [5.41, 5.74) is -0.537. The maximum atomic E-state index is 10.9. The van der Waals surface area contributed by atoms with Crippen LogP contribution in [0.2, 0.25) is 0 Å². The third-order valence-corrected chi connectivity index (χ3v) is 3.53. The normalized spacial score (nSPS) is 42.6. The Labute approximate surface area is 77.9 Å². The minimum Gasteiger partial charge on any atom is -0.481 e. The number of carboxylic acids is 1. The van der Waals surface area contributed by atoms with Crippen LogP contribution in [0, 0.1) is 11.3 Å². The van der Waals surface area contributed by atoms with Gasteiger partial charge in [-0.3, -0.25) is 4.79 Å². The summed E-state index contributed by atoms with van der Waals surface area (Å²) in [4.78, 5) is 10.9. The van der Waals surface area contributed by atoms with E-state index in [0.717, 1.165) is 6.42 Å². The van der Waals surface area contributed by atoms with Crippen LogP contribution in [0.3, 0.4) is 0 Å². The lowest BCUT2D eigenvalue weighted by atomic mass is 9.71. The average molecular weight is 191 g/mol. The first-order valence-corrected chi connectivity index (χ1v) is 4.77. The predicted octanol–water partition coefficient (Wildman–Crippen LogP) is 2.50. The van der Waals surface area contributed by atoms with E-state index in [0.29, 0.717) is 18.8 Å². The Bertz CT molecular complexity index is 193. The molecule has 0 radical (unpaired) electrons. The molecule has 1 aliphatic rings. The highest BCUT2D eigenvalue weighted by Crippen LogP contribution is 2.41. The fourth-order valence-electron chi connectivity index (χ4n) is 1.88. The van der Waals surface area contributed by atoms with Gasteiger partial charge in [0.2, 0.25) is 0 Å². The van der Waals surface area contributed by atoms with Crippen LogP contribution in [0.4, 0.5) is 0 Å². The quantitative estimate of drug-likeness (QED) is 0.646. The van der Waals surface area contributed by atoms with E-state index in [1.54, 1.807) is 0 Å². The fraction of sp³-hybridized carbons (Fsp3) is 0.889. The maximum absolute atomic E-state index is 10.9. The van der Waals surface area contributed by atoms with Crippen LogP contribution in [-0.4, -0.2) is 16.5 Å². The van der Waals surface area contributed by atoms with Gasteiger partial charge < -0.3 is 5.11 Å². The van der Waals surface area contributed by atoms with Crippen molar-refractivity contribution < 1.29 is 9.90 Å². The van der Waals surface area contributed by atoms with E-state index in [2.05, 4.69) is 0 Å². The molecule has 0 bridgehead atoms. The summed E-state index contributed by atoms with van der Waals surface area (Å²) >= 11 is 6.01. The summed E-state index contributed by atoms with van der Waals surface area (Å²) in [5, 5.41) is 9.12. The molecule has 0 amide bonds. The van der Waals surface area contributed by atoms with E-state index in [1.807, 2.05) is 13.8 Å². The second-order valence-corrected chi connectivity index (χ2v) is 4.66. The maximum Gasteiger partial charge on any atom is 0.309 e. The molecule has 1 saturated carbocycles. The van der Waals surface area contributed by atoms with E-state index in [9.17, 15) is 4.79 Å². The Morgan fingerprint density at radius 1 is 1.67 bits per heavy atom. The van der Waals surface area contributed by atoms with Crippen molar-refractivity contribution in [3.8, 4) is 0 Å². The summed E-state index contributed by atoms with van der Waals surface area (Å²) in [6.45, 7) is 3.84. The van der Waals surface area contributed by atoms with Crippen molar-refractivity contribution in [2.75, 3.05) is 0 Å². The topological polar surface area (TPSA) is 37.3 Å². The molecule has 70 valence electrons. The highest BCUT2D eigenvalue weighted by Gasteiger charge is 2.40. The Morgan fingerprint density at radius 2 is 2.25 bits per heavy atom. The van der Waals surface area contributed by atoms with Gasteiger partial charge in [-0.15, -0.1) is 11.6 Å². The molecule has 2 nitrogen and oxygen atoms in total. The summed E-state index contributed by atoms with van der Waals surface area (Å²) < 4.78 is 0. The molecule has 1 rings (SSSR count). The van der Waals surface area contributed by atoms with Gasteiger partial charge in [-0.25, -0.2) is 0 Å². The first-order chi connectivity index (χ1) is 5.46. The van der Waals surface area contributed by atoms with Gasteiger partial charge >= 0.3 is 5.97 Å². The van der Waals surface area contributed by atoms with E-state index in [4.69, 9.17) is 16.7 Å². The number of carboxylic acid groups (broad SMARTS) is 1. The number of halogens is 1. The number of alkyl halides is 1. The van der Waals surface area contributed by atoms with Gasteiger partial charge in [0.15, 0.2) is 0 Å². The molecule has 12 heavy (non-hydrogen) atoms. The molecule has 0 aromatic rings. The number of hydrogen-bond acceptors (Lipinski definition) is 1. The second-order valence-electron chi connectivity index (χ2n) is 4.10. The van der Waals surface area contributed by atoms with Gasteiger partial charge in [0.1, 0.15) is 0 Å². The van der Waals surface area contributed by atoms with Crippen LogP contribution in [0.15, 0.2) is 0 Å². The van der Waals surface area contributed by atoms with Crippen LogP contribution in [0.25, 0.3) is 0 Å². The van der Waals surface area contributed by atoms with Gasteiger partial charge in [-0.2, -0.15) is 0 Å². The largest absolute Gasteiger partial charge is 0.481 e. The second kappa shape index (κ2) is 3.25. The third-order valence-electron chi connectivity index (χ3n) is 2.88. The molecule has 3 unspecified atom stereocenters. The molecule has 0 aliphatic heterocycles. The van der Waals surface area contributed by atoms with Crippen LogP contribution in [0.5, 0.6) is 0 Å². The zero-order chi connectivity index (χ0) is 9.35. The minimum atomic E-state index is -0.682. The summed E-state index contributed by atoms with van der Waals surface area (Å²) in [5.74, 6) is -0.362. The van der Waals surface area contributed by atoms with E-state index in [1.165, 1.54) is 0 Å².